The molecule has 1 saturated carbocycles. The molecule has 5 heteroatoms. The van der Waals surface area contributed by atoms with Gasteiger partial charge in [0.2, 0.25) is 5.92 Å². The molecule has 2 nitrogen and oxygen atoms in total. The Morgan fingerprint density at radius 2 is 1.95 bits per heavy atom. The number of halogens is 3. The van der Waals surface area contributed by atoms with Gasteiger partial charge in [-0.2, -0.15) is 0 Å². The van der Waals surface area contributed by atoms with Gasteiger partial charge in [-0.05, 0) is 40.4 Å². The fraction of sp³-hybridized carbons (Fsp3) is 0.357. The maximum atomic E-state index is 12.8. The van der Waals surface area contributed by atoms with Crippen molar-refractivity contribution in [2.75, 3.05) is 0 Å². The minimum absolute atomic E-state index is 0.0111. The Labute approximate surface area is 118 Å². The Hall–Kier alpha value is -1.23. The van der Waals surface area contributed by atoms with Crippen LogP contribution in [0.4, 0.5) is 8.78 Å². The predicted octanol–water partition coefficient (Wildman–Crippen LogP) is 4.22. The molecule has 0 amide bonds. The monoisotopic (exact) mass is 326 g/mol. The van der Waals surface area contributed by atoms with E-state index in [1.54, 1.807) is 0 Å². The normalized spacial score (nSPS) is 18.3. The van der Waals surface area contributed by atoms with E-state index in [1.807, 2.05) is 41.1 Å². The van der Waals surface area contributed by atoms with Crippen LogP contribution < -0.4 is 0 Å². The standard InChI is InChI=1S/C14H13BrF2N2/c15-13-18-11(6-10-7-14(16,17)8-10)9-19(13)12-4-2-1-3-5-12/h1-5,9-10H,6-8H2. The van der Waals surface area contributed by atoms with Crippen LogP contribution in [-0.4, -0.2) is 15.5 Å². The number of hydrogen-bond donors (Lipinski definition) is 0. The molecule has 0 aliphatic heterocycles. The Balaban J connectivity index is 1.75. The van der Waals surface area contributed by atoms with E-state index in [0.717, 1.165) is 11.4 Å². The zero-order valence-electron chi connectivity index (χ0n) is 10.2. The van der Waals surface area contributed by atoms with Crippen molar-refractivity contribution in [1.29, 1.82) is 0 Å². The van der Waals surface area contributed by atoms with Crippen LogP contribution in [0.5, 0.6) is 0 Å². The minimum Gasteiger partial charge on any atom is -0.294 e. The van der Waals surface area contributed by atoms with E-state index in [9.17, 15) is 8.78 Å². The lowest BCUT2D eigenvalue weighted by Crippen LogP contribution is -2.36. The Morgan fingerprint density at radius 3 is 2.58 bits per heavy atom. The average molecular weight is 327 g/mol. The van der Waals surface area contributed by atoms with Gasteiger partial charge in [0.1, 0.15) is 0 Å². The van der Waals surface area contributed by atoms with Crippen LogP contribution in [0.3, 0.4) is 0 Å². The second kappa shape index (κ2) is 4.71. The number of alkyl halides is 2. The molecule has 1 fully saturated rings. The summed E-state index contributed by atoms with van der Waals surface area (Å²) < 4.78 is 28.2. The fourth-order valence-electron chi connectivity index (χ4n) is 2.50. The third-order valence-electron chi connectivity index (χ3n) is 3.42. The average Bonchev–Trinajstić information content (AvgIpc) is 2.69. The zero-order valence-corrected chi connectivity index (χ0v) is 11.8. The first kappa shape index (κ1) is 12.8. The van der Waals surface area contributed by atoms with Crippen molar-refractivity contribution >= 4 is 15.9 Å². The molecule has 0 spiro atoms. The van der Waals surface area contributed by atoms with Crippen molar-refractivity contribution in [2.24, 2.45) is 5.92 Å². The number of hydrogen-bond acceptors (Lipinski definition) is 1. The minimum atomic E-state index is -2.45. The van der Waals surface area contributed by atoms with Crippen molar-refractivity contribution in [3.8, 4) is 5.69 Å². The molecular weight excluding hydrogens is 314 g/mol. The van der Waals surface area contributed by atoms with Crippen LogP contribution in [0.25, 0.3) is 5.69 Å². The maximum Gasteiger partial charge on any atom is 0.248 e. The number of benzene rings is 1. The molecule has 0 N–H and O–H groups in total. The Bertz CT molecular complexity index is 572. The molecule has 1 aromatic heterocycles. The zero-order chi connectivity index (χ0) is 13.5. The first-order valence-corrected chi connectivity index (χ1v) is 7.00. The highest BCUT2D eigenvalue weighted by Gasteiger charge is 2.45. The van der Waals surface area contributed by atoms with E-state index in [-0.39, 0.29) is 18.8 Å². The van der Waals surface area contributed by atoms with Crippen molar-refractivity contribution in [3.05, 3.63) is 47.0 Å². The summed E-state index contributed by atoms with van der Waals surface area (Å²) >= 11 is 3.41. The smallest absolute Gasteiger partial charge is 0.248 e. The fourth-order valence-corrected chi connectivity index (χ4v) is 3.03. The molecule has 19 heavy (non-hydrogen) atoms. The van der Waals surface area contributed by atoms with Gasteiger partial charge in [-0.25, -0.2) is 13.8 Å². The summed E-state index contributed by atoms with van der Waals surface area (Å²) in [6.07, 6.45) is 2.51. The van der Waals surface area contributed by atoms with E-state index in [4.69, 9.17) is 0 Å². The molecule has 0 radical (unpaired) electrons. The second-order valence-electron chi connectivity index (χ2n) is 5.04. The summed E-state index contributed by atoms with van der Waals surface area (Å²) in [5.41, 5.74) is 1.86. The number of rotatable bonds is 3. The summed E-state index contributed by atoms with van der Waals surface area (Å²) in [6, 6.07) is 9.81. The first-order chi connectivity index (χ1) is 9.03. The quantitative estimate of drug-likeness (QED) is 0.825. The van der Waals surface area contributed by atoms with Gasteiger partial charge >= 0.3 is 0 Å². The van der Waals surface area contributed by atoms with Crippen LogP contribution >= 0.6 is 15.9 Å². The van der Waals surface area contributed by atoms with E-state index < -0.39 is 5.92 Å². The Kier molecular flexibility index (Phi) is 3.17. The Morgan fingerprint density at radius 1 is 1.26 bits per heavy atom. The molecule has 1 aromatic carbocycles. The third-order valence-corrected chi connectivity index (χ3v) is 3.98. The lowest BCUT2D eigenvalue weighted by atomic mass is 9.78. The number of para-hydroxylation sites is 1. The molecule has 1 aliphatic rings. The summed E-state index contributed by atoms with van der Waals surface area (Å²) in [7, 11) is 0. The van der Waals surface area contributed by atoms with E-state index in [0.29, 0.717) is 11.2 Å². The van der Waals surface area contributed by atoms with Crippen LogP contribution in [0.15, 0.2) is 41.3 Å². The number of nitrogens with zero attached hydrogens (tertiary/aromatic N) is 2. The summed E-state index contributed by atoms with van der Waals surface area (Å²) in [6.45, 7) is 0. The molecular formula is C14H13BrF2N2. The van der Waals surface area contributed by atoms with Gasteiger partial charge in [0.05, 0.1) is 5.69 Å². The van der Waals surface area contributed by atoms with E-state index >= 15 is 0 Å². The van der Waals surface area contributed by atoms with Crippen molar-refractivity contribution < 1.29 is 8.78 Å². The first-order valence-electron chi connectivity index (χ1n) is 6.20. The SMILES string of the molecule is FC1(F)CC(Cc2cn(-c3ccccc3)c(Br)n2)C1. The second-order valence-corrected chi connectivity index (χ2v) is 5.75. The van der Waals surface area contributed by atoms with Gasteiger partial charge in [-0.1, -0.05) is 18.2 Å². The lowest BCUT2D eigenvalue weighted by molar-refractivity contribution is -0.109. The highest BCUT2D eigenvalue weighted by atomic mass is 79.9. The summed E-state index contributed by atoms with van der Waals surface area (Å²) in [5, 5.41) is 0. The van der Waals surface area contributed by atoms with Gasteiger partial charge < -0.3 is 0 Å². The van der Waals surface area contributed by atoms with Crippen LogP contribution in [0.2, 0.25) is 0 Å². The van der Waals surface area contributed by atoms with Crippen molar-refractivity contribution in [1.82, 2.24) is 9.55 Å². The molecule has 0 atom stereocenters. The molecule has 2 aromatic rings. The van der Waals surface area contributed by atoms with Gasteiger partial charge in [-0.15, -0.1) is 0 Å². The summed E-state index contributed by atoms with van der Waals surface area (Å²) in [4.78, 5) is 4.39. The van der Waals surface area contributed by atoms with Gasteiger partial charge in [0.25, 0.3) is 0 Å². The number of aromatic nitrogens is 2. The third kappa shape index (κ3) is 2.71. The summed E-state index contributed by atoms with van der Waals surface area (Å²) in [5.74, 6) is -2.40. The molecule has 0 unspecified atom stereocenters. The van der Waals surface area contributed by atoms with Gasteiger partial charge in [0, 0.05) is 24.7 Å². The molecule has 3 rings (SSSR count). The largest absolute Gasteiger partial charge is 0.294 e. The maximum absolute atomic E-state index is 12.8. The van der Waals surface area contributed by atoms with E-state index in [2.05, 4.69) is 20.9 Å². The molecule has 1 heterocycles. The topological polar surface area (TPSA) is 17.8 Å². The highest BCUT2D eigenvalue weighted by Crippen LogP contribution is 2.43. The molecule has 100 valence electrons. The lowest BCUT2D eigenvalue weighted by Gasteiger charge is -2.34. The van der Waals surface area contributed by atoms with Crippen molar-refractivity contribution in [2.45, 2.75) is 25.2 Å². The van der Waals surface area contributed by atoms with Gasteiger partial charge in [-0.3, -0.25) is 4.57 Å². The highest BCUT2D eigenvalue weighted by molar-refractivity contribution is 9.10. The molecule has 1 aliphatic carbocycles. The molecule has 0 saturated heterocycles. The van der Waals surface area contributed by atoms with E-state index in [1.165, 1.54) is 0 Å². The predicted molar refractivity (Wildman–Crippen MR) is 72.6 cm³/mol. The van der Waals surface area contributed by atoms with Crippen LogP contribution in [0.1, 0.15) is 18.5 Å². The van der Waals surface area contributed by atoms with Crippen molar-refractivity contribution in [3.63, 3.8) is 0 Å². The number of imidazole rings is 1. The molecule has 0 bridgehead atoms. The van der Waals surface area contributed by atoms with Crippen LogP contribution in [-0.2, 0) is 6.42 Å². The van der Waals surface area contributed by atoms with Crippen LogP contribution in [0, 0.1) is 5.92 Å². The van der Waals surface area contributed by atoms with Gasteiger partial charge in [0.15, 0.2) is 4.73 Å².